The average molecular weight is 203 g/mol. The van der Waals surface area contributed by atoms with Crippen molar-refractivity contribution in [2.24, 2.45) is 0 Å². The Morgan fingerprint density at radius 2 is 2.07 bits per heavy atom. The summed E-state index contributed by atoms with van der Waals surface area (Å²) < 4.78 is 0. The molecule has 4 nitrogen and oxygen atoms in total. The van der Waals surface area contributed by atoms with E-state index in [2.05, 4.69) is 0 Å². The number of hydroxylamine groups is 2. The largest absolute Gasteiger partial charge is 0.394 e. The first-order valence-corrected chi connectivity index (χ1v) is 4.98. The molecule has 0 bridgehead atoms. The fraction of sp³-hybridized carbons (Fsp3) is 0.900. The Balaban J connectivity index is 4.28. The lowest BCUT2D eigenvalue weighted by Crippen LogP contribution is -2.42. The van der Waals surface area contributed by atoms with Crippen LogP contribution in [0.25, 0.3) is 0 Å². The van der Waals surface area contributed by atoms with Gasteiger partial charge >= 0.3 is 0 Å². The van der Waals surface area contributed by atoms with Crippen LogP contribution in [0.1, 0.15) is 40.5 Å². The highest BCUT2D eigenvalue weighted by molar-refractivity contribution is 5.45. The standard InChI is InChI=1S/C10H21NO3/c1-5-6-9(7-12)11(8-13)14-10(2,3)4/h8-9,12H,5-7H2,1-4H3. The van der Waals surface area contributed by atoms with Gasteiger partial charge in [0.2, 0.25) is 6.41 Å². The highest BCUT2D eigenvalue weighted by atomic mass is 16.7. The molecule has 4 heteroatoms. The van der Waals surface area contributed by atoms with Crippen LogP contribution in [0, 0.1) is 0 Å². The van der Waals surface area contributed by atoms with Crippen LogP contribution in [0.4, 0.5) is 0 Å². The van der Waals surface area contributed by atoms with Crippen LogP contribution in [0.3, 0.4) is 0 Å². The molecule has 0 fully saturated rings. The Hall–Kier alpha value is -0.610. The quantitative estimate of drug-likeness (QED) is 0.523. The Kier molecular flexibility index (Phi) is 5.72. The number of nitrogens with zero attached hydrogens (tertiary/aromatic N) is 1. The number of hydrogen-bond acceptors (Lipinski definition) is 3. The summed E-state index contributed by atoms with van der Waals surface area (Å²) >= 11 is 0. The van der Waals surface area contributed by atoms with Gasteiger partial charge in [0, 0.05) is 0 Å². The molecular weight excluding hydrogens is 182 g/mol. The van der Waals surface area contributed by atoms with Crippen molar-refractivity contribution in [3.05, 3.63) is 0 Å². The molecule has 1 amide bonds. The summed E-state index contributed by atoms with van der Waals surface area (Å²) in [7, 11) is 0. The third-order valence-electron chi connectivity index (χ3n) is 1.68. The van der Waals surface area contributed by atoms with Gasteiger partial charge < -0.3 is 5.11 Å². The molecule has 0 aromatic rings. The molecule has 14 heavy (non-hydrogen) atoms. The zero-order chi connectivity index (χ0) is 11.2. The van der Waals surface area contributed by atoms with Crippen LogP contribution in [0.5, 0.6) is 0 Å². The van der Waals surface area contributed by atoms with Crippen LogP contribution < -0.4 is 0 Å². The van der Waals surface area contributed by atoms with Gasteiger partial charge in [0.15, 0.2) is 0 Å². The summed E-state index contributed by atoms with van der Waals surface area (Å²) in [6.45, 7) is 7.53. The van der Waals surface area contributed by atoms with E-state index in [-0.39, 0.29) is 12.6 Å². The van der Waals surface area contributed by atoms with Gasteiger partial charge in [-0.1, -0.05) is 13.3 Å². The second kappa shape index (κ2) is 5.98. The lowest BCUT2D eigenvalue weighted by atomic mass is 10.2. The number of rotatable bonds is 6. The SMILES string of the molecule is CCCC(CO)N(C=O)OC(C)(C)C. The second-order valence-corrected chi connectivity index (χ2v) is 4.29. The molecule has 0 aromatic heterocycles. The molecule has 0 heterocycles. The van der Waals surface area contributed by atoms with Crippen LogP contribution in [0.2, 0.25) is 0 Å². The fourth-order valence-corrected chi connectivity index (χ4v) is 1.13. The smallest absolute Gasteiger partial charge is 0.233 e. The van der Waals surface area contributed by atoms with E-state index < -0.39 is 5.60 Å². The van der Waals surface area contributed by atoms with Gasteiger partial charge in [-0.3, -0.25) is 9.63 Å². The summed E-state index contributed by atoms with van der Waals surface area (Å²) in [6, 6.07) is -0.239. The Bertz CT molecular complexity index is 165. The molecule has 1 N–H and O–H groups in total. The molecule has 84 valence electrons. The summed E-state index contributed by atoms with van der Waals surface area (Å²) in [5.41, 5.74) is -0.415. The molecule has 0 spiro atoms. The number of aliphatic hydroxyl groups excluding tert-OH is 1. The highest BCUT2D eigenvalue weighted by Gasteiger charge is 2.22. The molecule has 0 aliphatic rings. The van der Waals surface area contributed by atoms with Crippen molar-refractivity contribution >= 4 is 6.41 Å². The van der Waals surface area contributed by atoms with Gasteiger partial charge in [-0.05, 0) is 27.2 Å². The van der Waals surface area contributed by atoms with Crippen molar-refractivity contribution in [3.8, 4) is 0 Å². The van der Waals surface area contributed by atoms with Crippen LogP contribution in [-0.2, 0) is 9.63 Å². The zero-order valence-corrected chi connectivity index (χ0v) is 9.49. The lowest BCUT2D eigenvalue weighted by molar-refractivity contribution is -0.236. The molecular formula is C10H21NO3. The van der Waals surface area contributed by atoms with E-state index >= 15 is 0 Å². The Morgan fingerprint density at radius 1 is 1.50 bits per heavy atom. The summed E-state index contributed by atoms with van der Waals surface area (Å²) in [4.78, 5) is 16.1. The summed E-state index contributed by atoms with van der Waals surface area (Å²) in [5.74, 6) is 0. The van der Waals surface area contributed by atoms with Crippen LogP contribution in [0.15, 0.2) is 0 Å². The maximum atomic E-state index is 10.7. The Labute approximate surface area is 85.8 Å². The zero-order valence-electron chi connectivity index (χ0n) is 9.49. The fourth-order valence-electron chi connectivity index (χ4n) is 1.13. The molecule has 0 aliphatic heterocycles. The monoisotopic (exact) mass is 203 g/mol. The van der Waals surface area contributed by atoms with Gasteiger partial charge in [0.25, 0.3) is 0 Å². The third-order valence-corrected chi connectivity index (χ3v) is 1.68. The van der Waals surface area contributed by atoms with E-state index in [1.165, 1.54) is 5.06 Å². The minimum absolute atomic E-state index is 0.0668. The topological polar surface area (TPSA) is 49.8 Å². The molecule has 0 aromatic carbocycles. The maximum absolute atomic E-state index is 10.7. The van der Waals surface area contributed by atoms with E-state index in [0.29, 0.717) is 6.41 Å². The second-order valence-electron chi connectivity index (χ2n) is 4.29. The first-order chi connectivity index (χ1) is 6.44. The average Bonchev–Trinajstić information content (AvgIpc) is 2.09. The first kappa shape index (κ1) is 13.4. The lowest BCUT2D eigenvalue weighted by Gasteiger charge is -2.31. The summed E-state index contributed by atoms with van der Waals surface area (Å²) in [5, 5.41) is 10.3. The van der Waals surface area contributed by atoms with Crippen molar-refractivity contribution in [3.63, 3.8) is 0 Å². The van der Waals surface area contributed by atoms with Gasteiger partial charge in [0.1, 0.15) is 0 Å². The normalized spacial score (nSPS) is 13.8. The molecule has 0 saturated carbocycles. The minimum Gasteiger partial charge on any atom is -0.394 e. The van der Waals surface area contributed by atoms with Gasteiger partial charge in [0.05, 0.1) is 18.2 Å². The number of carbonyl (C=O) groups excluding carboxylic acids is 1. The number of amides is 1. The van der Waals surface area contributed by atoms with E-state index in [4.69, 9.17) is 9.94 Å². The van der Waals surface area contributed by atoms with E-state index in [9.17, 15) is 4.79 Å². The molecule has 1 unspecified atom stereocenters. The van der Waals surface area contributed by atoms with E-state index in [1.807, 2.05) is 27.7 Å². The van der Waals surface area contributed by atoms with Crippen molar-refractivity contribution < 1.29 is 14.7 Å². The molecule has 0 aliphatic carbocycles. The molecule has 0 radical (unpaired) electrons. The third kappa shape index (κ3) is 5.19. The molecule has 0 saturated heterocycles. The van der Waals surface area contributed by atoms with Gasteiger partial charge in [-0.15, -0.1) is 0 Å². The maximum Gasteiger partial charge on any atom is 0.233 e. The Morgan fingerprint density at radius 3 is 2.36 bits per heavy atom. The van der Waals surface area contributed by atoms with E-state index in [1.54, 1.807) is 0 Å². The van der Waals surface area contributed by atoms with Crippen molar-refractivity contribution in [1.29, 1.82) is 0 Å². The highest BCUT2D eigenvalue weighted by Crippen LogP contribution is 2.13. The van der Waals surface area contributed by atoms with Gasteiger partial charge in [-0.25, -0.2) is 5.06 Å². The van der Waals surface area contributed by atoms with E-state index in [0.717, 1.165) is 12.8 Å². The van der Waals surface area contributed by atoms with Crippen molar-refractivity contribution in [2.45, 2.75) is 52.2 Å². The summed E-state index contributed by atoms with van der Waals surface area (Å²) in [6.07, 6.45) is 2.27. The number of carbonyl (C=O) groups is 1. The predicted molar refractivity (Wildman–Crippen MR) is 54.5 cm³/mol. The van der Waals surface area contributed by atoms with Crippen molar-refractivity contribution in [1.82, 2.24) is 5.06 Å². The minimum atomic E-state index is -0.415. The predicted octanol–water partition coefficient (Wildman–Crippen LogP) is 1.34. The molecule has 1 atom stereocenters. The number of aliphatic hydroxyl groups is 1. The number of hydrogen-bond donors (Lipinski definition) is 1. The van der Waals surface area contributed by atoms with Gasteiger partial charge in [-0.2, -0.15) is 0 Å². The van der Waals surface area contributed by atoms with Crippen LogP contribution in [-0.4, -0.2) is 34.8 Å². The first-order valence-electron chi connectivity index (χ1n) is 4.98. The van der Waals surface area contributed by atoms with Crippen LogP contribution >= 0.6 is 0 Å². The van der Waals surface area contributed by atoms with Crippen molar-refractivity contribution in [2.75, 3.05) is 6.61 Å². The molecule has 0 rings (SSSR count).